The number of rotatable bonds is 4. The number of sulfonamides is 1. The van der Waals surface area contributed by atoms with E-state index in [-0.39, 0.29) is 16.8 Å². The first-order valence-electron chi connectivity index (χ1n) is 10.2. The number of nitrogens with zero attached hydrogens (tertiary/aromatic N) is 1. The van der Waals surface area contributed by atoms with Crippen molar-refractivity contribution in [3.05, 3.63) is 75.8 Å². The Morgan fingerprint density at radius 1 is 0.800 bits per heavy atom. The van der Waals surface area contributed by atoms with E-state index in [4.69, 9.17) is 0 Å². The minimum Gasteiger partial charge on any atom is -0.367 e. The van der Waals surface area contributed by atoms with Crippen LogP contribution in [0.3, 0.4) is 0 Å². The third-order valence-electron chi connectivity index (χ3n) is 5.55. The van der Waals surface area contributed by atoms with Crippen LogP contribution in [0, 0.1) is 6.92 Å². The summed E-state index contributed by atoms with van der Waals surface area (Å²) in [6.07, 6.45) is 3.75. The second kappa shape index (κ2) is 8.07. The van der Waals surface area contributed by atoms with Crippen LogP contribution in [0.4, 0.5) is 5.69 Å². The quantitative estimate of drug-likeness (QED) is 0.805. The Morgan fingerprint density at radius 2 is 1.37 bits per heavy atom. The number of carbonyl (C=O) groups excluding carboxylic acids is 2. The zero-order chi connectivity index (χ0) is 21.3. The summed E-state index contributed by atoms with van der Waals surface area (Å²) < 4.78 is 29.2. The van der Waals surface area contributed by atoms with Crippen LogP contribution in [-0.4, -0.2) is 38.0 Å². The Bertz CT molecular complexity index is 1130. The van der Waals surface area contributed by atoms with Crippen molar-refractivity contribution in [3.8, 4) is 0 Å². The number of aryl methyl sites for hydroxylation is 1. The molecule has 0 radical (unpaired) electrons. The maximum absolute atomic E-state index is 13.4. The van der Waals surface area contributed by atoms with Gasteiger partial charge in [-0.2, -0.15) is 0 Å². The highest BCUT2D eigenvalue weighted by molar-refractivity contribution is 7.97. The van der Waals surface area contributed by atoms with Crippen molar-refractivity contribution in [1.29, 1.82) is 0 Å². The Morgan fingerprint density at radius 3 is 1.97 bits per heavy atom. The van der Waals surface area contributed by atoms with Crippen molar-refractivity contribution in [2.75, 3.05) is 17.8 Å². The summed E-state index contributed by atoms with van der Waals surface area (Å²) in [5.74, 6) is -1.04. The van der Waals surface area contributed by atoms with Gasteiger partial charge in [-0.15, -0.1) is 0 Å². The number of Topliss-reactive ketones (excluding diaryl/α,β-unsaturated/α-hetero) is 2. The minimum absolute atomic E-state index is 0.000196. The Labute approximate surface area is 176 Å². The molecule has 2 aromatic rings. The normalized spacial score (nSPS) is 17.6. The standard InChI is InChI=1S/C23H24N2O4S/c1-16-10-12-17(13-11-16)24-30(28,29)23-20(25-14-6-2-3-7-15-25)21(26)18-8-4-5-9-19(18)22(23)27/h4-5,8-13,24H,2-3,6-7,14-15H2,1H3. The Kier molecular flexibility index (Phi) is 5.47. The van der Waals surface area contributed by atoms with Crippen LogP contribution < -0.4 is 4.72 Å². The SMILES string of the molecule is Cc1ccc(NS(=O)(=O)C2=C(N3CCCCCC3)C(=O)c3ccccc3C2=O)cc1. The molecule has 2 aliphatic rings. The third-order valence-corrected chi connectivity index (χ3v) is 6.97. The molecule has 2 aromatic carbocycles. The molecule has 6 nitrogen and oxygen atoms in total. The molecule has 0 aromatic heterocycles. The first-order valence-corrected chi connectivity index (χ1v) is 11.6. The lowest BCUT2D eigenvalue weighted by atomic mass is 9.91. The summed E-state index contributed by atoms with van der Waals surface area (Å²) in [4.78, 5) is 28.1. The van der Waals surface area contributed by atoms with Crippen molar-refractivity contribution in [3.63, 3.8) is 0 Å². The Hall–Kier alpha value is -2.93. The van der Waals surface area contributed by atoms with E-state index in [0.717, 1.165) is 31.2 Å². The summed E-state index contributed by atoms with van der Waals surface area (Å²) in [6, 6.07) is 13.3. The van der Waals surface area contributed by atoms with Gasteiger partial charge >= 0.3 is 0 Å². The molecule has 1 fully saturated rings. The fourth-order valence-electron chi connectivity index (χ4n) is 4.00. The first-order chi connectivity index (χ1) is 14.4. The van der Waals surface area contributed by atoms with Gasteiger partial charge in [-0.1, -0.05) is 54.8 Å². The van der Waals surface area contributed by atoms with Crippen molar-refractivity contribution < 1.29 is 18.0 Å². The average molecular weight is 425 g/mol. The summed E-state index contributed by atoms with van der Waals surface area (Å²) in [5.41, 5.74) is 1.73. The maximum atomic E-state index is 13.4. The molecule has 1 aliphatic carbocycles. The second-order valence-electron chi connectivity index (χ2n) is 7.75. The fourth-order valence-corrected chi connectivity index (χ4v) is 5.38. The highest BCUT2D eigenvalue weighted by Gasteiger charge is 2.41. The smallest absolute Gasteiger partial charge is 0.268 e. The first kappa shape index (κ1) is 20.3. The zero-order valence-corrected chi connectivity index (χ0v) is 17.7. The molecule has 156 valence electrons. The summed E-state index contributed by atoms with van der Waals surface area (Å²) in [6.45, 7) is 3.01. The average Bonchev–Trinajstić information content (AvgIpc) is 3.01. The maximum Gasteiger partial charge on any atom is 0.268 e. The summed E-state index contributed by atoms with van der Waals surface area (Å²) in [5, 5.41) is 0. The molecule has 0 atom stereocenters. The summed E-state index contributed by atoms with van der Waals surface area (Å²) in [7, 11) is -4.27. The van der Waals surface area contributed by atoms with Gasteiger partial charge in [0, 0.05) is 29.9 Å². The van der Waals surface area contributed by atoms with Gasteiger partial charge in [0.1, 0.15) is 5.70 Å². The number of ketones is 2. The van der Waals surface area contributed by atoms with Crippen molar-refractivity contribution >= 4 is 27.3 Å². The lowest BCUT2D eigenvalue weighted by Gasteiger charge is -2.30. The predicted molar refractivity (Wildman–Crippen MR) is 116 cm³/mol. The van der Waals surface area contributed by atoms with E-state index in [9.17, 15) is 18.0 Å². The zero-order valence-electron chi connectivity index (χ0n) is 16.8. The van der Waals surface area contributed by atoms with Gasteiger partial charge in [0.05, 0.1) is 0 Å². The molecule has 0 amide bonds. The largest absolute Gasteiger partial charge is 0.367 e. The van der Waals surface area contributed by atoms with Crippen LogP contribution in [0.15, 0.2) is 59.1 Å². The van der Waals surface area contributed by atoms with Crippen LogP contribution in [0.1, 0.15) is 52.0 Å². The number of likely N-dealkylation sites (tertiary alicyclic amines) is 1. The molecule has 0 saturated carbocycles. The van der Waals surface area contributed by atoms with E-state index < -0.39 is 26.5 Å². The molecule has 1 heterocycles. The van der Waals surface area contributed by atoms with E-state index in [0.29, 0.717) is 18.8 Å². The number of benzene rings is 2. The van der Waals surface area contributed by atoms with E-state index >= 15 is 0 Å². The number of fused-ring (bicyclic) bond motifs is 1. The molecule has 1 aliphatic heterocycles. The van der Waals surface area contributed by atoms with Gasteiger partial charge in [0.15, 0.2) is 4.91 Å². The lowest BCUT2D eigenvalue weighted by Crippen LogP contribution is -2.38. The van der Waals surface area contributed by atoms with Crippen LogP contribution in [0.5, 0.6) is 0 Å². The van der Waals surface area contributed by atoms with Crippen molar-refractivity contribution in [1.82, 2.24) is 4.90 Å². The number of anilines is 1. The van der Waals surface area contributed by atoms with Crippen LogP contribution in [0.25, 0.3) is 0 Å². The van der Waals surface area contributed by atoms with Gasteiger partial charge in [-0.25, -0.2) is 8.42 Å². The second-order valence-corrected chi connectivity index (χ2v) is 9.37. The van der Waals surface area contributed by atoms with E-state index in [2.05, 4.69) is 4.72 Å². The van der Waals surface area contributed by atoms with Gasteiger partial charge in [0.25, 0.3) is 10.0 Å². The fraction of sp³-hybridized carbons (Fsp3) is 0.304. The molecule has 4 rings (SSSR count). The lowest BCUT2D eigenvalue weighted by molar-refractivity contribution is 0.0947. The molecule has 7 heteroatoms. The number of hydrogen-bond donors (Lipinski definition) is 1. The summed E-state index contributed by atoms with van der Waals surface area (Å²) >= 11 is 0. The molecule has 1 saturated heterocycles. The van der Waals surface area contributed by atoms with Gasteiger partial charge in [0.2, 0.25) is 11.6 Å². The highest BCUT2D eigenvalue weighted by Crippen LogP contribution is 2.33. The monoisotopic (exact) mass is 424 g/mol. The Balaban J connectivity index is 1.86. The van der Waals surface area contributed by atoms with Crippen molar-refractivity contribution in [2.24, 2.45) is 0 Å². The van der Waals surface area contributed by atoms with Crippen molar-refractivity contribution in [2.45, 2.75) is 32.6 Å². The molecular weight excluding hydrogens is 400 g/mol. The van der Waals surface area contributed by atoms with Crippen LogP contribution >= 0.6 is 0 Å². The van der Waals surface area contributed by atoms with E-state index in [1.54, 1.807) is 47.4 Å². The highest BCUT2D eigenvalue weighted by atomic mass is 32.2. The number of hydrogen-bond acceptors (Lipinski definition) is 5. The van der Waals surface area contributed by atoms with Crippen LogP contribution in [-0.2, 0) is 10.0 Å². The number of carbonyl (C=O) groups is 2. The molecule has 0 spiro atoms. The topological polar surface area (TPSA) is 83.6 Å². The van der Waals surface area contributed by atoms with E-state index in [1.165, 1.54) is 6.07 Å². The van der Waals surface area contributed by atoms with Gasteiger partial charge in [-0.3, -0.25) is 14.3 Å². The van der Waals surface area contributed by atoms with Gasteiger partial charge < -0.3 is 4.90 Å². The molecule has 1 N–H and O–H groups in total. The molecule has 30 heavy (non-hydrogen) atoms. The van der Waals surface area contributed by atoms with Crippen LogP contribution in [0.2, 0.25) is 0 Å². The molecule has 0 unspecified atom stereocenters. The number of allylic oxidation sites excluding steroid dienone is 2. The number of nitrogens with one attached hydrogen (secondary N) is 1. The van der Waals surface area contributed by atoms with E-state index in [1.807, 2.05) is 6.92 Å². The third kappa shape index (κ3) is 3.77. The predicted octanol–water partition coefficient (Wildman–Crippen LogP) is 3.90. The van der Waals surface area contributed by atoms with Gasteiger partial charge in [-0.05, 0) is 31.9 Å². The minimum atomic E-state index is -4.27. The molecule has 0 bridgehead atoms. The molecular formula is C23H24N2O4S.